The van der Waals surface area contributed by atoms with Gasteiger partial charge in [-0.1, -0.05) is 29.8 Å². The molecule has 2 rings (SSSR count). The first kappa shape index (κ1) is 14.5. The van der Waals surface area contributed by atoms with Crippen molar-refractivity contribution in [1.82, 2.24) is 15.1 Å². The second kappa shape index (κ2) is 7.63. The lowest BCUT2D eigenvalue weighted by molar-refractivity contribution is 0.220. The highest BCUT2D eigenvalue weighted by Crippen LogP contribution is 2.06. The van der Waals surface area contributed by atoms with E-state index in [9.17, 15) is 0 Å². The normalized spacial score (nSPS) is 17.0. The van der Waals surface area contributed by atoms with Crippen LogP contribution in [0.1, 0.15) is 17.5 Å². The van der Waals surface area contributed by atoms with Crippen LogP contribution in [0.3, 0.4) is 0 Å². The number of hydrogen-bond donors (Lipinski definition) is 1. The highest BCUT2D eigenvalue weighted by Gasteiger charge is 2.09. The molecule has 1 aliphatic heterocycles. The van der Waals surface area contributed by atoms with Crippen LogP contribution in [0.4, 0.5) is 0 Å². The Kier molecular flexibility index (Phi) is 5.83. The molecule has 1 aromatic rings. The van der Waals surface area contributed by atoms with Crippen LogP contribution in [-0.4, -0.2) is 56.1 Å². The number of piperazine rings is 1. The molecule has 0 amide bonds. The predicted molar refractivity (Wildman–Crippen MR) is 81.4 cm³/mol. The minimum absolute atomic E-state index is 1.06. The van der Waals surface area contributed by atoms with Crippen LogP contribution in [0.2, 0.25) is 0 Å². The molecule has 1 fully saturated rings. The Morgan fingerprint density at radius 2 is 1.84 bits per heavy atom. The molecule has 106 valence electrons. The van der Waals surface area contributed by atoms with Crippen LogP contribution in [-0.2, 0) is 6.54 Å². The molecule has 19 heavy (non-hydrogen) atoms. The zero-order chi connectivity index (χ0) is 13.5. The van der Waals surface area contributed by atoms with Crippen LogP contribution in [0.25, 0.3) is 0 Å². The third kappa shape index (κ3) is 5.31. The molecule has 1 heterocycles. The summed E-state index contributed by atoms with van der Waals surface area (Å²) in [4.78, 5) is 4.99. The molecule has 0 aromatic heterocycles. The molecule has 1 N–H and O–H groups in total. The number of rotatable bonds is 6. The standard InChI is InChI=1S/C16H27N3/c1-15-4-6-16(7-5-15)14-18(2)10-3-11-19-12-8-17-9-13-19/h4-7,17H,3,8-14H2,1-2H3. The summed E-state index contributed by atoms with van der Waals surface area (Å²) in [5.41, 5.74) is 2.75. The SMILES string of the molecule is Cc1ccc(CN(C)CCCN2CCNCC2)cc1. The highest BCUT2D eigenvalue weighted by atomic mass is 15.2. The lowest BCUT2D eigenvalue weighted by Crippen LogP contribution is -2.44. The van der Waals surface area contributed by atoms with Crippen molar-refractivity contribution in [3.63, 3.8) is 0 Å². The lowest BCUT2D eigenvalue weighted by atomic mass is 10.1. The van der Waals surface area contributed by atoms with Gasteiger partial charge in [0.2, 0.25) is 0 Å². The van der Waals surface area contributed by atoms with E-state index < -0.39 is 0 Å². The fourth-order valence-corrected chi connectivity index (χ4v) is 2.58. The molecule has 1 aromatic carbocycles. The van der Waals surface area contributed by atoms with Gasteiger partial charge in [-0.15, -0.1) is 0 Å². The van der Waals surface area contributed by atoms with Gasteiger partial charge in [-0.05, 0) is 39.0 Å². The molecule has 3 nitrogen and oxygen atoms in total. The average Bonchev–Trinajstić information content (AvgIpc) is 2.43. The van der Waals surface area contributed by atoms with Gasteiger partial charge < -0.3 is 15.1 Å². The largest absolute Gasteiger partial charge is 0.314 e. The topological polar surface area (TPSA) is 18.5 Å². The second-order valence-electron chi connectivity index (χ2n) is 5.67. The van der Waals surface area contributed by atoms with Gasteiger partial charge in [0.25, 0.3) is 0 Å². The van der Waals surface area contributed by atoms with Crippen LogP contribution >= 0.6 is 0 Å². The summed E-state index contributed by atoms with van der Waals surface area (Å²) in [6.45, 7) is 10.3. The van der Waals surface area contributed by atoms with Crippen LogP contribution < -0.4 is 5.32 Å². The molecule has 0 aliphatic carbocycles. The fraction of sp³-hybridized carbons (Fsp3) is 0.625. The molecule has 3 heteroatoms. The first-order valence-corrected chi connectivity index (χ1v) is 7.41. The van der Waals surface area contributed by atoms with E-state index in [2.05, 4.69) is 53.4 Å². The number of aryl methyl sites for hydroxylation is 1. The summed E-state index contributed by atoms with van der Waals surface area (Å²) in [6, 6.07) is 8.87. The first-order valence-electron chi connectivity index (χ1n) is 7.41. The zero-order valence-corrected chi connectivity index (χ0v) is 12.4. The van der Waals surface area contributed by atoms with Crippen LogP contribution in [0.15, 0.2) is 24.3 Å². The smallest absolute Gasteiger partial charge is 0.0230 e. The van der Waals surface area contributed by atoms with Gasteiger partial charge in [0, 0.05) is 32.7 Å². The van der Waals surface area contributed by atoms with Gasteiger partial charge in [0.1, 0.15) is 0 Å². The van der Waals surface area contributed by atoms with E-state index in [1.54, 1.807) is 0 Å². The molecular weight excluding hydrogens is 234 g/mol. The van der Waals surface area contributed by atoms with Crippen molar-refractivity contribution in [2.75, 3.05) is 46.3 Å². The van der Waals surface area contributed by atoms with Gasteiger partial charge in [0.15, 0.2) is 0 Å². The Labute approximate surface area is 117 Å². The van der Waals surface area contributed by atoms with Crippen LogP contribution in [0, 0.1) is 6.92 Å². The Morgan fingerprint density at radius 1 is 1.16 bits per heavy atom. The van der Waals surface area contributed by atoms with Crippen molar-refractivity contribution in [2.45, 2.75) is 19.9 Å². The second-order valence-corrected chi connectivity index (χ2v) is 5.67. The van der Waals surface area contributed by atoms with Crippen molar-refractivity contribution >= 4 is 0 Å². The van der Waals surface area contributed by atoms with Crippen molar-refractivity contribution in [3.05, 3.63) is 35.4 Å². The molecule has 1 aliphatic rings. The fourth-order valence-electron chi connectivity index (χ4n) is 2.58. The summed E-state index contributed by atoms with van der Waals surface area (Å²) < 4.78 is 0. The predicted octanol–water partition coefficient (Wildman–Crippen LogP) is 1.72. The molecule has 0 spiro atoms. The third-order valence-corrected chi connectivity index (χ3v) is 3.80. The molecule has 0 atom stereocenters. The van der Waals surface area contributed by atoms with Crippen molar-refractivity contribution in [1.29, 1.82) is 0 Å². The maximum absolute atomic E-state index is 3.40. The van der Waals surface area contributed by atoms with Crippen molar-refractivity contribution in [3.8, 4) is 0 Å². The van der Waals surface area contributed by atoms with Crippen molar-refractivity contribution < 1.29 is 0 Å². The Balaban J connectivity index is 1.63. The number of nitrogens with one attached hydrogen (secondary N) is 1. The molecule has 0 unspecified atom stereocenters. The average molecular weight is 261 g/mol. The van der Waals surface area contributed by atoms with Crippen molar-refractivity contribution in [2.24, 2.45) is 0 Å². The number of benzene rings is 1. The monoisotopic (exact) mass is 261 g/mol. The van der Waals surface area contributed by atoms with E-state index >= 15 is 0 Å². The highest BCUT2D eigenvalue weighted by molar-refractivity contribution is 5.21. The quantitative estimate of drug-likeness (QED) is 0.841. The Hall–Kier alpha value is -0.900. The van der Waals surface area contributed by atoms with E-state index in [-0.39, 0.29) is 0 Å². The number of hydrogen-bond acceptors (Lipinski definition) is 3. The maximum Gasteiger partial charge on any atom is 0.0230 e. The first-order chi connectivity index (χ1) is 9.24. The molecular formula is C16H27N3. The lowest BCUT2D eigenvalue weighted by Gasteiger charge is -2.28. The molecule has 1 saturated heterocycles. The summed E-state index contributed by atoms with van der Waals surface area (Å²) >= 11 is 0. The van der Waals surface area contributed by atoms with Gasteiger partial charge in [-0.25, -0.2) is 0 Å². The Bertz CT molecular complexity index is 355. The summed E-state index contributed by atoms with van der Waals surface area (Å²) in [7, 11) is 2.22. The molecule has 0 bridgehead atoms. The summed E-state index contributed by atoms with van der Waals surface area (Å²) in [6.07, 6.45) is 1.27. The zero-order valence-electron chi connectivity index (χ0n) is 12.4. The van der Waals surface area contributed by atoms with E-state index in [1.807, 2.05) is 0 Å². The van der Waals surface area contributed by atoms with Gasteiger partial charge >= 0.3 is 0 Å². The molecule has 0 saturated carbocycles. The van der Waals surface area contributed by atoms with E-state index in [0.717, 1.165) is 19.6 Å². The molecule has 0 radical (unpaired) electrons. The minimum atomic E-state index is 1.06. The van der Waals surface area contributed by atoms with E-state index in [0.29, 0.717) is 0 Å². The summed E-state index contributed by atoms with van der Waals surface area (Å²) in [5.74, 6) is 0. The van der Waals surface area contributed by atoms with E-state index in [1.165, 1.54) is 43.7 Å². The van der Waals surface area contributed by atoms with Gasteiger partial charge in [-0.3, -0.25) is 0 Å². The number of nitrogens with zero attached hydrogens (tertiary/aromatic N) is 2. The summed E-state index contributed by atoms with van der Waals surface area (Å²) in [5, 5.41) is 3.40. The van der Waals surface area contributed by atoms with Gasteiger partial charge in [0.05, 0.1) is 0 Å². The van der Waals surface area contributed by atoms with Crippen LogP contribution in [0.5, 0.6) is 0 Å². The van der Waals surface area contributed by atoms with Gasteiger partial charge in [-0.2, -0.15) is 0 Å². The maximum atomic E-state index is 3.40. The van der Waals surface area contributed by atoms with E-state index in [4.69, 9.17) is 0 Å². The minimum Gasteiger partial charge on any atom is -0.314 e. The third-order valence-electron chi connectivity index (χ3n) is 3.80. The Morgan fingerprint density at radius 3 is 2.53 bits per heavy atom.